The maximum Gasteiger partial charge on any atom is 0.411 e. The molecule has 0 saturated heterocycles. The highest BCUT2D eigenvalue weighted by Crippen LogP contribution is 2.26. The number of rotatable bonds is 6. The van der Waals surface area contributed by atoms with Gasteiger partial charge in [0, 0.05) is 5.56 Å². The number of alkyl halides is 3. The molecule has 1 rings (SSSR count). The Morgan fingerprint density at radius 3 is 2.58 bits per heavy atom. The molecule has 1 atom stereocenters. The van der Waals surface area contributed by atoms with Crippen LogP contribution in [0.25, 0.3) is 0 Å². The summed E-state index contributed by atoms with van der Waals surface area (Å²) in [7, 11) is 0. The topological polar surface area (TPSA) is 44.5 Å². The van der Waals surface area contributed by atoms with Crippen molar-refractivity contribution in [3.63, 3.8) is 0 Å². The van der Waals surface area contributed by atoms with Crippen LogP contribution in [0.1, 0.15) is 24.1 Å². The van der Waals surface area contributed by atoms with Crippen LogP contribution in [0.4, 0.5) is 13.2 Å². The zero-order valence-electron chi connectivity index (χ0n) is 11.0. The minimum absolute atomic E-state index is 0.205. The Morgan fingerprint density at radius 2 is 2.00 bits per heavy atom. The summed E-state index contributed by atoms with van der Waals surface area (Å²) in [6.45, 7) is 2.67. The lowest BCUT2D eigenvalue weighted by Crippen LogP contribution is -2.23. The predicted octanol–water partition coefficient (Wildman–Crippen LogP) is 2.97. The maximum atomic E-state index is 12.0. The van der Waals surface area contributed by atoms with Crippen molar-refractivity contribution in [1.82, 2.24) is 0 Å². The molecule has 108 valence electrons. The molecule has 0 aliphatic heterocycles. The van der Waals surface area contributed by atoms with Gasteiger partial charge in [-0.05, 0) is 19.9 Å². The fourth-order valence-corrected chi connectivity index (χ4v) is 1.64. The SMILES string of the molecule is CCOc1ccc(C)cc1C(N)COCC(F)(F)F. The molecule has 1 aromatic carbocycles. The Morgan fingerprint density at radius 1 is 1.32 bits per heavy atom. The van der Waals surface area contributed by atoms with Crippen LogP contribution < -0.4 is 10.5 Å². The van der Waals surface area contributed by atoms with E-state index in [1.165, 1.54) is 0 Å². The lowest BCUT2D eigenvalue weighted by atomic mass is 10.0. The van der Waals surface area contributed by atoms with Crippen molar-refractivity contribution >= 4 is 0 Å². The van der Waals surface area contributed by atoms with Crippen LogP contribution in [0.5, 0.6) is 5.75 Å². The molecule has 0 radical (unpaired) electrons. The van der Waals surface area contributed by atoms with E-state index in [0.717, 1.165) is 5.56 Å². The van der Waals surface area contributed by atoms with Gasteiger partial charge in [0.2, 0.25) is 0 Å². The van der Waals surface area contributed by atoms with E-state index in [2.05, 4.69) is 4.74 Å². The van der Waals surface area contributed by atoms with Gasteiger partial charge in [-0.2, -0.15) is 13.2 Å². The molecule has 0 heterocycles. The van der Waals surface area contributed by atoms with E-state index in [-0.39, 0.29) is 6.61 Å². The van der Waals surface area contributed by atoms with Crippen LogP contribution in [0.3, 0.4) is 0 Å². The third-order valence-corrected chi connectivity index (χ3v) is 2.43. The Bertz CT molecular complexity index is 407. The van der Waals surface area contributed by atoms with Crippen molar-refractivity contribution in [3.05, 3.63) is 29.3 Å². The number of halogens is 3. The highest BCUT2D eigenvalue weighted by atomic mass is 19.4. The number of aryl methyl sites for hydroxylation is 1. The van der Waals surface area contributed by atoms with Crippen molar-refractivity contribution in [3.8, 4) is 5.75 Å². The molecule has 1 unspecified atom stereocenters. The first-order valence-corrected chi connectivity index (χ1v) is 5.97. The normalized spacial score (nSPS) is 13.4. The third kappa shape index (κ3) is 5.48. The number of ether oxygens (including phenoxy) is 2. The van der Waals surface area contributed by atoms with Crippen molar-refractivity contribution < 1.29 is 22.6 Å². The highest BCUT2D eigenvalue weighted by Gasteiger charge is 2.28. The van der Waals surface area contributed by atoms with E-state index < -0.39 is 18.8 Å². The number of nitrogens with two attached hydrogens (primary N) is 1. The molecule has 0 aliphatic carbocycles. The Kier molecular flexibility index (Phi) is 5.62. The molecule has 0 aromatic heterocycles. The van der Waals surface area contributed by atoms with Crippen LogP contribution in [-0.4, -0.2) is 26.0 Å². The van der Waals surface area contributed by atoms with E-state index in [4.69, 9.17) is 10.5 Å². The minimum Gasteiger partial charge on any atom is -0.494 e. The first kappa shape index (κ1) is 15.8. The molecule has 2 N–H and O–H groups in total. The summed E-state index contributed by atoms with van der Waals surface area (Å²) in [5.41, 5.74) is 7.47. The van der Waals surface area contributed by atoms with Crippen LogP contribution in [0.2, 0.25) is 0 Å². The van der Waals surface area contributed by atoms with E-state index in [1.807, 2.05) is 19.9 Å². The fraction of sp³-hybridized carbons (Fsp3) is 0.538. The van der Waals surface area contributed by atoms with Gasteiger partial charge in [-0.15, -0.1) is 0 Å². The summed E-state index contributed by atoms with van der Waals surface area (Å²) in [5, 5.41) is 0. The van der Waals surface area contributed by atoms with Crippen molar-refractivity contribution in [2.75, 3.05) is 19.8 Å². The lowest BCUT2D eigenvalue weighted by Gasteiger charge is -2.18. The number of hydrogen-bond donors (Lipinski definition) is 1. The van der Waals surface area contributed by atoms with E-state index in [0.29, 0.717) is 17.9 Å². The van der Waals surface area contributed by atoms with Gasteiger partial charge in [-0.25, -0.2) is 0 Å². The van der Waals surface area contributed by atoms with Gasteiger partial charge in [-0.3, -0.25) is 0 Å². The molecular formula is C13H18F3NO2. The second-order valence-corrected chi connectivity index (χ2v) is 4.21. The summed E-state index contributed by atoms with van der Waals surface area (Å²) >= 11 is 0. The van der Waals surface area contributed by atoms with Gasteiger partial charge in [-0.1, -0.05) is 17.7 Å². The molecule has 0 fully saturated rings. The quantitative estimate of drug-likeness (QED) is 0.869. The smallest absolute Gasteiger partial charge is 0.411 e. The molecule has 19 heavy (non-hydrogen) atoms. The van der Waals surface area contributed by atoms with Crippen molar-refractivity contribution in [1.29, 1.82) is 0 Å². The number of benzene rings is 1. The molecular weight excluding hydrogens is 259 g/mol. The summed E-state index contributed by atoms with van der Waals surface area (Å²) in [4.78, 5) is 0. The maximum absolute atomic E-state index is 12.0. The first-order chi connectivity index (χ1) is 8.83. The van der Waals surface area contributed by atoms with Gasteiger partial charge in [0.25, 0.3) is 0 Å². The van der Waals surface area contributed by atoms with Crippen LogP contribution in [-0.2, 0) is 4.74 Å². The Balaban J connectivity index is 2.69. The molecule has 6 heteroatoms. The standard InChI is InChI=1S/C13H18F3NO2/c1-3-19-12-5-4-9(2)6-10(12)11(17)7-18-8-13(14,15)16/h4-6,11H,3,7-8,17H2,1-2H3. The van der Waals surface area contributed by atoms with E-state index in [9.17, 15) is 13.2 Å². The highest BCUT2D eigenvalue weighted by molar-refractivity contribution is 5.39. The zero-order chi connectivity index (χ0) is 14.5. The van der Waals surface area contributed by atoms with Gasteiger partial charge in [0.05, 0.1) is 19.3 Å². The van der Waals surface area contributed by atoms with E-state index >= 15 is 0 Å². The van der Waals surface area contributed by atoms with Crippen molar-refractivity contribution in [2.24, 2.45) is 5.73 Å². The Labute approximate surface area is 110 Å². The molecule has 0 amide bonds. The molecule has 3 nitrogen and oxygen atoms in total. The first-order valence-electron chi connectivity index (χ1n) is 5.97. The number of hydrogen-bond acceptors (Lipinski definition) is 3. The summed E-state index contributed by atoms with van der Waals surface area (Å²) in [6.07, 6.45) is -4.34. The summed E-state index contributed by atoms with van der Waals surface area (Å²) < 4.78 is 45.9. The molecule has 0 saturated carbocycles. The van der Waals surface area contributed by atoms with Crippen LogP contribution >= 0.6 is 0 Å². The predicted molar refractivity (Wildman–Crippen MR) is 66.2 cm³/mol. The average Bonchev–Trinajstić information content (AvgIpc) is 2.30. The fourth-order valence-electron chi connectivity index (χ4n) is 1.64. The minimum atomic E-state index is -4.34. The largest absolute Gasteiger partial charge is 0.494 e. The Hall–Kier alpha value is -1.27. The van der Waals surface area contributed by atoms with Gasteiger partial charge in [0.15, 0.2) is 0 Å². The van der Waals surface area contributed by atoms with E-state index in [1.54, 1.807) is 12.1 Å². The van der Waals surface area contributed by atoms with Gasteiger partial charge >= 0.3 is 6.18 Å². The van der Waals surface area contributed by atoms with Gasteiger partial charge < -0.3 is 15.2 Å². The summed E-state index contributed by atoms with van der Waals surface area (Å²) in [5.74, 6) is 0.580. The van der Waals surface area contributed by atoms with Gasteiger partial charge in [0.1, 0.15) is 12.4 Å². The molecule has 0 spiro atoms. The average molecular weight is 277 g/mol. The van der Waals surface area contributed by atoms with Crippen molar-refractivity contribution in [2.45, 2.75) is 26.1 Å². The lowest BCUT2D eigenvalue weighted by molar-refractivity contribution is -0.174. The molecule has 0 aliphatic rings. The van der Waals surface area contributed by atoms with Crippen LogP contribution in [0, 0.1) is 6.92 Å². The summed E-state index contributed by atoms with van der Waals surface area (Å²) in [6, 6.07) is 4.77. The molecule has 0 bridgehead atoms. The zero-order valence-corrected chi connectivity index (χ0v) is 11.0. The molecule has 1 aromatic rings. The van der Waals surface area contributed by atoms with Crippen LogP contribution in [0.15, 0.2) is 18.2 Å². The third-order valence-electron chi connectivity index (χ3n) is 2.43. The monoisotopic (exact) mass is 277 g/mol. The second kappa shape index (κ2) is 6.77. The second-order valence-electron chi connectivity index (χ2n) is 4.21.